The highest BCUT2D eigenvalue weighted by Gasteiger charge is 2.33. The number of alkyl halides is 3. The predicted molar refractivity (Wildman–Crippen MR) is 125 cm³/mol. The fourth-order valence-corrected chi connectivity index (χ4v) is 5.13. The number of carbonyl (C=O) groups is 1. The van der Waals surface area contributed by atoms with Crippen molar-refractivity contribution in [3.63, 3.8) is 0 Å². The summed E-state index contributed by atoms with van der Waals surface area (Å²) in [6, 6.07) is 10.6. The van der Waals surface area contributed by atoms with E-state index in [0.717, 1.165) is 17.7 Å². The van der Waals surface area contributed by atoms with Crippen molar-refractivity contribution in [2.45, 2.75) is 44.3 Å². The fraction of sp³-hybridized carbons (Fsp3) is 0.458. The molecule has 1 aliphatic heterocycles. The van der Waals surface area contributed by atoms with Crippen LogP contribution in [-0.2, 0) is 21.0 Å². The number of benzene rings is 2. The number of hydrogen-bond acceptors (Lipinski definition) is 4. The van der Waals surface area contributed by atoms with Crippen molar-refractivity contribution >= 4 is 21.6 Å². The van der Waals surface area contributed by atoms with Crippen LogP contribution >= 0.6 is 0 Å². The lowest BCUT2D eigenvalue weighted by Gasteiger charge is -2.38. The lowest BCUT2D eigenvalue weighted by molar-refractivity contribution is -0.137. The summed E-state index contributed by atoms with van der Waals surface area (Å²) in [5, 5.41) is 0. The van der Waals surface area contributed by atoms with E-state index in [-0.39, 0.29) is 29.8 Å². The van der Waals surface area contributed by atoms with Crippen molar-refractivity contribution < 1.29 is 26.4 Å². The maximum absolute atomic E-state index is 13.3. The molecule has 0 bridgehead atoms. The average Bonchev–Trinajstić information content (AvgIpc) is 2.77. The van der Waals surface area contributed by atoms with Gasteiger partial charge in [0.15, 0.2) is 0 Å². The summed E-state index contributed by atoms with van der Waals surface area (Å²) >= 11 is 0. The standard InChI is InChI=1S/C24H30F3N3O3S/c1-17(2)15-22(28-34(32,33)21-9-7-18(3)8-10-21)23(31)30-13-11-29(12-14-30)20-6-4-5-19(16-20)24(25,26)27/h4-10,16-17,22,28H,11-15H2,1-3H3. The Morgan fingerprint density at radius 1 is 1.03 bits per heavy atom. The molecule has 1 fully saturated rings. The molecule has 0 saturated carbocycles. The molecule has 2 aromatic carbocycles. The van der Waals surface area contributed by atoms with Crippen LogP contribution < -0.4 is 9.62 Å². The molecule has 3 rings (SSSR count). The molecule has 186 valence electrons. The van der Waals surface area contributed by atoms with Crippen LogP contribution in [0, 0.1) is 12.8 Å². The number of sulfonamides is 1. The maximum atomic E-state index is 13.3. The van der Waals surface area contributed by atoms with Gasteiger partial charge < -0.3 is 9.80 Å². The van der Waals surface area contributed by atoms with Gasteiger partial charge in [-0.15, -0.1) is 0 Å². The first-order valence-corrected chi connectivity index (χ1v) is 12.6. The Morgan fingerprint density at radius 2 is 1.65 bits per heavy atom. The highest BCUT2D eigenvalue weighted by molar-refractivity contribution is 7.89. The van der Waals surface area contributed by atoms with Gasteiger partial charge in [0.1, 0.15) is 6.04 Å². The van der Waals surface area contributed by atoms with Crippen molar-refractivity contribution in [3.8, 4) is 0 Å². The third-order valence-corrected chi connectivity index (χ3v) is 7.25. The normalized spacial score (nSPS) is 16.1. The molecule has 34 heavy (non-hydrogen) atoms. The van der Waals surface area contributed by atoms with Crippen LogP contribution in [0.5, 0.6) is 0 Å². The first-order valence-electron chi connectivity index (χ1n) is 11.2. The zero-order chi connectivity index (χ0) is 25.1. The Labute approximate surface area is 198 Å². The highest BCUT2D eigenvalue weighted by Crippen LogP contribution is 2.32. The second kappa shape index (κ2) is 10.4. The molecule has 0 spiro atoms. The number of anilines is 1. The summed E-state index contributed by atoms with van der Waals surface area (Å²) in [7, 11) is -3.89. The zero-order valence-corrected chi connectivity index (χ0v) is 20.3. The van der Waals surface area contributed by atoms with Gasteiger partial charge in [0.25, 0.3) is 0 Å². The molecule has 6 nitrogen and oxygen atoms in total. The quantitative estimate of drug-likeness (QED) is 0.627. The molecule has 1 N–H and O–H groups in total. The van der Waals surface area contributed by atoms with Crippen molar-refractivity contribution in [1.29, 1.82) is 0 Å². The van der Waals surface area contributed by atoms with Gasteiger partial charge in [-0.1, -0.05) is 37.6 Å². The van der Waals surface area contributed by atoms with Crippen molar-refractivity contribution in [2.24, 2.45) is 5.92 Å². The van der Waals surface area contributed by atoms with E-state index in [0.29, 0.717) is 25.2 Å². The molecule has 1 saturated heterocycles. The lowest BCUT2D eigenvalue weighted by Crippen LogP contribution is -2.55. The predicted octanol–water partition coefficient (Wildman–Crippen LogP) is 4.06. The van der Waals surface area contributed by atoms with E-state index in [1.54, 1.807) is 28.0 Å². The fourth-order valence-electron chi connectivity index (χ4n) is 3.93. The van der Waals surface area contributed by atoms with Gasteiger partial charge in [0.05, 0.1) is 10.5 Å². The Kier molecular flexibility index (Phi) is 7.92. The van der Waals surface area contributed by atoms with E-state index in [1.165, 1.54) is 18.2 Å². The van der Waals surface area contributed by atoms with Gasteiger partial charge in [-0.2, -0.15) is 17.9 Å². The Hall–Kier alpha value is -2.59. The number of hydrogen-bond donors (Lipinski definition) is 1. The molecule has 0 radical (unpaired) electrons. The molecule has 1 atom stereocenters. The molecular weight excluding hydrogens is 467 g/mol. The van der Waals surface area contributed by atoms with E-state index < -0.39 is 27.8 Å². The number of aryl methyl sites for hydroxylation is 1. The molecule has 1 amide bonds. The van der Waals surface area contributed by atoms with Crippen LogP contribution in [0.4, 0.5) is 18.9 Å². The van der Waals surface area contributed by atoms with Crippen LogP contribution in [0.15, 0.2) is 53.4 Å². The molecule has 1 unspecified atom stereocenters. The third kappa shape index (κ3) is 6.50. The number of nitrogens with one attached hydrogen (secondary N) is 1. The number of nitrogens with zero attached hydrogens (tertiary/aromatic N) is 2. The first kappa shape index (κ1) is 26.0. The van der Waals surface area contributed by atoms with Crippen LogP contribution in [0.1, 0.15) is 31.4 Å². The van der Waals surface area contributed by atoms with E-state index in [4.69, 9.17) is 0 Å². The van der Waals surface area contributed by atoms with Gasteiger partial charge in [-0.05, 0) is 49.6 Å². The van der Waals surface area contributed by atoms with E-state index in [1.807, 2.05) is 20.8 Å². The molecule has 10 heteroatoms. The summed E-state index contributed by atoms with van der Waals surface area (Å²) in [6.07, 6.45) is -4.09. The van der Waals surface area contributed by atoms with Crippen molar-refractivity contribution in [2.75, 3.05) is 31.1 Å². The highest BCUT2D eigenvalue weighted by atomic mass is 32.2. The number of amides is 1. The number of carbonyl (C=O) groups excluding carboxylic acids is 1. The zero-order valence-electron chi connectivity index (χ0n) is 19.5. The minimum Gasteiger partial charge on any atom is -0.368 e. The van der Waals surface area contributed by atoms with Gasteiger partial charge in [-0.25, -0.2) is 8.42 Å². The smallest absolute Gasteiger partial charge is 0.368 e. The Bertz CT molecular complexity index is 1090. The molecule has 0 aliphatic carbocycles. The summed E-state index contributed by atoms with van der Waals surface area (Å²) in [5.74, 6) is -0.255. The van der Waals surface area contributed by atoms with E-state index in [9.17, 15) is 26.4 Å². The van der Waals surface area contributed by atoms with Gasteiger partial charge >= 0.3 is 6.18 Å². The monoisotopic (exact) mass is 497 g/mol. The Balaban J connectivity index is 1.70. The SMILES string of the molecule is Cc1ccc(S(=O)(=O)NC(CC(C)C)C(=O)N2CCN(c3cccc(C(F)(F)F)c3)CC2)cc1. The maximum Gasteiger partial charge on any atom is 0.416 e. The summed E-state index contributed by atoms with van der Waals surface area (Å²) in [6.45, 7) is 6.95. The first-order chi connectivity index (χ1) is 15.9. The summed E-state index contributed by atoms with van der Waals surface area (Å²) in [4.78, 5) is 16.7. The van der Waals surface area contributed by atoms with E-state index in [2.05, 4.69) is 4.72 Å². The van der Waals surface area contributed by atoms with E-state index >= 15 is 0 Å². The molecule has 2 aromatic rings. The van der Waals surface area contributed by atoms with Crippen LogP contribution in [0.3, 0.4) is 0 Å². The van der Waals surface area contributed by atoms with Crippen molar-refractivity contribution in [3.05, 3.63) is 59.7 Å². The van der Waals surface area contributed by atoms with Crippen LogP contribution in [0.25, 0.3) is 0 Å². The average molecular weight is 498 g/mol. The third-order valence-electron chi connectivity index (χ3n) is 5.76. The number of halogens is 3. The molecule has 1 heterocycles. The van der Waals surface area contributed by atoms with Crippen LogP contribution in [-0.4, -0.2) is 51.4 Å². The largest absolute Gasteiger partial charge is 0.416 e. The van der Waals surface area contributed by atoms with Crippen molar-refractivity contribution in [1.82, 2.24) is 9.62 Å². The lowest BCUT2D eigenvalue weighted by atomic mass is 10.0. The second-order valence-electron chi connectivity index (χ2n) is 8.98. The Morgan fingerprint density at radius 3 is 2.21 bits per heavy atom. The van der Waals surface area contributed by atoms with Gasteiger partial charge in [0, 0.05) is 31.9 Å². The van der Waals surface area contributed by atoms with Crippen LogP contribution in [0.2, 0.25) is 0 Å². The molecule has 0 aromatic heterocycles. The topological polar surface area (TPSA) is 69.7 Å². The minimum atomic E-state index is -4.42. The summed E-state index contributed by atoms with van der Waals surface area (Å²) < 4.78 is 67.5. The van der Waals surface area contributed by atoms with Gasteiger partial charge in [0.2, 0.25) is 15.9 Å². The van der Waals surface area contributed by atoms with Gasteiger partial charge in [-0.3, -0.25) is 4.79 Å². The summed E-state index contributed by atoms with van der Waals surface area (Å²) in [5.41, 5.74) is 0.652. The molecular formula is C24H30F3N3O3S. The second-order valence-corrected chi connectivity index (χ2v) is 10.7. The molecule has 1 aliphatic rings. The number of piperazine rings is 1. The number of rotatable bonds is 7. The minimum absolute atomic E-state index is 0.0704.